The monoisotopic (exact) mass is 336 g/mol. The molecule has 0 aliphatic carbocycles. The van der Waals surface area contributed by atoms with E-state index in [1.54, 1.807) is 6.07 Å². The summed E-state index contributed by atoms with van der Waals surface area (Å²) in [6, 6.07) is 3.87. The number of halogens is 3. The minimum atomic E-state index is 0.151. The van der Waals surface area contributed by atoms with Crippen LogP contribution in [-0.4, -0.2) is 31.1 Å². The number of likely N-dealkylation sites (N-methyl/N-ethyl adjacent to an activating group) is 1. The van der Waals surface area contributed by atoms with Crippen molar-refractivity contribution in [3.8, 4) is 0 Å². The van der Waals surface area contributed by atoms with E-state index in [0.29, 0.717) is 15.1 Å². The van der Waals surface area contributed by atoms with E-state index in [9.17, 15) is 0 Å². The molecule has 1 aromatic carbocycles. The summed E-state index contributed by atoms with van der Waals surface area (Å²) in [6.07, 6.45) is 1.18. The Morgan fingerprint density at radius 1 is 1.10 bits per heavy atom. The highest BCUT2D eigenvalue weighted by Gasteiger charge is 2.14. The van der Waals surface area contributed by atoms with Gasteiger partial charge in [0.05, 0.1) is 15.1 Å². The maximum atomic E-state index is 6.25. The molecule has 0 saturated heterocycles. The SMILES string of the molecule is CCCN(CC)CCNC(C)c1ccc(Cl)c(Cl)c1Cl. The first-order valence-corrected chi connectivity index (χ1v) is 8.23. The summed E-state index contributed by atoms with van der Waals surface area (Å²) >= 11 is 18.3. The molecule has 0 aliphatic heterocycles. The lowest BCUT2D eigenvalue weighted by Gasteiger charge is -2.22. The Morgan fingerprint density at radius 2 is 1.80 bits per heavy atom. The van der Waals surface area contributed by atoms with Crippen LogP contribution in [0.15, 0.2) is 12.1 Å². The second-order valence-corrected chi connectivity index (χ2v) is 6.04. The Morgan fingerprint density at radius 3 is 2.40 bits per heavy atom. The van der Waals surface area contributed by atoms with Crippen LogP contribution in [0.3, 0.4) is 0 Å². The summed E-state index contributed by atoms with van der Waals surface area (Å²) in [7, 11) is 0. The van der Waals surface area contributed by atoms with Gasteiger partial charge in [-0.3, -0.25) is 0 Å². The first-order valence-electron chi connectivity index (χ1n) is 7.10. The summed E-state index contributed by atoms with van der Waals surface area (Å²) in [5.74, 6) is 0. The maximum Gasteiger partial charge on any atom is 0.0781 e. The quantitative estimate of drug-likeness (QED) is 0.669. The Kier molecular flexibility index (Phi) is 8.23. The molecular weight excluding hydrogens is 315 g/mol. The van der Waals surface area contributed by atoms with Gasteiger partial charge in [0.15, 0.2) is 0 Å². The highest BCUT2D eigenvalue weighted by atomic mass is 35.5. The Bertz CT molecular complexity index is 424. The summed E-state index contributed by atoms with van der Waals surface area (Å²) < 4.78 is 0. The van der Waals surface area contributed by atoms with Crippen molar-refractivity contribution in [1.82, 2.24) is 10.2 Å². The molecule has 5 heteroatoms. The fraction of sp³-hybridized carbons (Fsp3) is 0.600. The number of nitrogens with one attached hydrogen (secondary N) is 1. The topological polar surface area (TPSA) is 15.3 Å². The zero-order chi connectivity index (χ0) is 15.1. The molecule has 20 heavy (non-hydrogen) atoms. The molecule has 0 bridgehead atoms. The van der Waals surface area contributed by atoms with Crippen LogP contribution in [-0.2, 0) is 0 Å². The largest absolute Gasteiger partial charge is 0.309 e. The van der Waals surface area contributed by atoms with Crippen LogP contribution >= 0.6 is 34.8 Å². The van der Waals surface area contributed by atoms with Crippen molar-refractivity contribution in [3.05, 3.63) is 32.8 Å². The zero-order valence-corrected chi connectivity index (χ0v) is 14.6. The van der Waals surface area contributed by atoms with Crippen LogP contribution in [0.5, 0.6) is 0 Å². The number of benzene rings is 1. The van der Waals surface area contributed by atoms with Gasteiger partial charge < -0.3 is 10.2 Å². The van der Waals surface area contributed by atoms with Gasteiger partial charge in [-0.1, -0.05) is 54.7 Å². The standard InChI is InChI=1S/C15H23Cl3N2/c1-4-9-20(5-2)10-8-19-11(3)12-6-7-13(16)15(18)14(12)17/h6-7,11,19H,4-5,8-10H2,1-3H3. The van der Waals surface area contributed by atoms with Gasteiger partial charge in [-0.25, -0.2) is 0 Å². The van der Waals surface area contributed by atoms with Gasteiger partial charge in [-0.2, -0.15) is 0 Å². The maximum absolute atomic E-state index is 6.25. The molecule has 0 heterocycles. The first-order chi connectivity index (χ1) is 9.51. The summed E-state index contributed by atoms with van der Waals surface area (Å²) in [6.45, 7) is 10.7. The van der Waals surface area contributed by atoms with E-state index in [2.05, 4.69) is 31.0 Å². The van der Waals surface area contributed by atoms with E-state index >= 15 is 0 Å². The predicted octanol–water partition coefficient (Wildman–Crippen LogP) is 5.03. The van der Waals surface area contributed by atoms with Gasteiger partial charge in [0.2, 0.25) is 0 Å². The van der Waals surface area contributed by atoms with Gasteiger partial charge in [-0.05, 0) is 38.1 Å². The Balaban J connectivity index is 2.55. The average molecular weight is 338 g/mol. The molecule has 114 valence electrons. The van der Waals surface area contributed by atoms with Crippen LogP contribution < -0.4 is 5.32 Å². The fourth-order valence-electron chi connectivity index (χ4n) is 2.17. The van der Waals surface area contributed by atoms with Gasteiger partial charge >= 0.3 is 0 Å². The molecule has 0 radical (unpaired) electrons. The molecule has 0 spiro atoms. The smallest absolute Gasteiger partial charge is 0.0781 e. The van der Waals surface area contributed by atoms with Gasteiger partial charge in [-0.15, -0.1) is 0 Å². The number of rotatable bonds is 8. The minimum absolute atomic E-state index is 0.151. The van der Waals surface area contributed by atoms with Crippen LogP contribution in [0.2, 0.25) is 15.1 Å². The van der Waals surface area contributed by atoms with Crippen molar-refractivity contribution in [1.29, 1.82) is 0 Å². The molecular formula is C15H23Cl3N2. The molecule has 1 atom stereocenters. The first kappa shape index (κ1) is 18.1. The van der Waals surface area contributed by atoms with E-state index < -0.39 is 0 Å². The molecule has 1 N–H and O–H groups in total. The van der Waals surface area contributed by atoms with Crippen molar-refractivity contribution < 1.29 is 0 Å². The van der Waals surface area contributed by atoms with E-state index in [-0.39, 0.29) is 6.04 Å². The Labute approximate surface area is 137 Å². The normalized spacial score (nSPS) is 12.9. The molecule has 1 aromatic rings. The molecule has 0 amide bonds. The van der Waals surface area contributed by atoms with Gasteiger partial charge in [0, 0.05) is 19.1 Å². The lowest BCUT2D eigenvalue weighted by molar-refractivity contribution is 0.284. The Hall–Kier alpha value is 0.01000. The summed E-state index contributed by atoms with van der Waals surface area (Å²) in [5.41, 5.74) is 0.986. The van der Waals surface area contributed by atoms with Crippen molar-refractivity contribution in [2.75, 3.05) is 26.2 Å². The lowest BCUT2D eigenvalue weighted by atomic mass is 10.1. The molecule has 0 aliphatic rings. The fourth-order valence-corrected chi connectivity index (χ4v) is 2.88. The van der Waals surface area contributed by atoms with Crippen LogP contribution in [0.1, 0.15) is 38.8 Å². The van der Waals surface area contributed by atoms with Crippen LogP contribution in [0, 0.1) is 0 Å². The van der Waals surface area contributed by atoms with E-state index in [4.69, 9.17) is 34.8 Å². The van der Waals surface area contributed by atoms with Crippen LogP contribution in [0.4, 0.5) is 0 Å². The predicted molar refractivity (Wildman–Crippen MR) is 90.3 cm³/mol. The van der Waals surface area contributed by atoms with Crippen molar-refractivity contribution in [2.24, 2.45) is 0 Å². The van der Waals surface area contributed by atoms with Gasteiger partial charge in [0.25, 0.3) is 0 Å². The molecule has 0 aromatic heterocycles. The van der Waals surface area contributed by atoms with Crippen molar-refractivity contribution in [2.45, 2.75) is 33.2 Å². The third kappa shape index (κ3) is 5.09. The molecule has 0 fully saturated rings. The van der Waals surface area contributed by atoms with E-state index in [1.165, 1.54) is 6.42 Å². The average Bonchev–Trinajstić information content (AvgIpc) is 2.43. The third-order valence-corrected chi connectivity index (χ3v) is 4.71. The number of hydrogen-bond acceptors (Lipinski definition) is 2. The number of nitrogens with zero attached hydrogens (tertiary/aromatic N) is 1. The highest BCUT2D eigenvalue weighted by Crippen LogP contribution is 2.35. The van der Waals surface area contributed by atoms with Crippen molar-refractivity contribution in [3.63, 3.8) is 0 Å². The highest BCUT2D eigenvalue weighted by molar-refractivity contribution is 6.48. The lowest BCUT2D eigenvalue weighted by Crippen LogP contribution is -2.33. The summed E-state index contributed by atoms with van der Waals surface area (Å²) in [5, 5.41) is 4.95. The third-order valence-electron chi connectivity index (χ3n) is 3.40. The number of hydrogen-bond donors (Lipinski definition) is 1. The second kappa shape index (κ2) is 9.11. The molecule has 1 rings (SSSR count). The van der Waals surface area contributed by atoms with Crippen LogP contribution in [0.25, 0.3) is 0 Å². The zero-order valence-electron chi connectivity index (χ0n) is 12.3. The molecule has 2 nitrogen and oxygen atoms in total. The van der Waals surface area contributed by atoms with E-state index in [1.807, 2.05) is 6.07 Å². The van der Waals surface area contributed by atoms with E-state index in [0.717, 1.165) is 31.7 Å². The minimum Gasteiger partial charge on any atom is -0.309 e. The van der Waals surface area contributed by atoms with Crippen molar-refractivity contribution >= 4 is 34.8 Å². The summed E-state index contributed by atoms with van der Waals surface area (Å²) in [4.78, 5) is 2.43. The second-order valence-electron chi connectivity index (χ2n) is 4.87. The van der Waals surface area contributed by atoms with Gasteiger partial charge in [0.1, 0.15) is 0 Å². The molecule has 0 saturated carbocycles. The molecule has 1 unspecified atom stereocenters.